The minimum absolute atomic E-state index is 0.0254. The van der Waals surface area contributed by atoms with Gasteiger partial charge in [-0.15, -0.1) is 0 Å². The van der Waals surface area contributed by atoms with Crippen LogP contribution in [0.15, 0.2) is 6.33 Å². The van der Waals surface area contributed by atoms with Crippen LogP contribution in [0, 0.1) is 6.92 Å². The van der Waals surface area contributed by atoms with Crippen molar-refractivity contribution in [3.05, 3.63) is 11.9 Å². The average molecular weight is 456 g/mol. The first kappa shape index (κ1) is 23.5. The van der Waals surface area contributed by atoms with Crippen molar-refractivity contribution in [2.24, 2.45) is 0 Å². The molecular formula is C20H33N5O5S. The number of hydrogen-bond donors (Lipinski definition) is 1. The number of ether oxygens (including phenoxy) is 2. The highest BCUT2D eigenvalue weighted by Gasteiger charge is 2.28. The summed E-state index contributed by atoms with van der Waals surface area (Å²) >= 11 is 0. The Hall–Kier alpha value is -2.14. The Kier molecular flexibility index (Phi) is 7.58. The fourth-order valence-electron chi connectivity index (χ4n) is 3.81. The number of rotatable bonds is 6. The lowest BCUT2D eigenvalue weighted by atomic mass is 10.1. The van der Waals surface area contributed by atoms with Gasteiger partial charge in [-0.2, -0.15) is 0 Å². The van der Waals surface area contributed by atoms with Crippen LogP contribution in [-0.4, -0.2) is 84.4 Å². The highest BCUT2D eigenvalue weighted by Crippen LogP contribution is 2.26. The van der Waals surface area contributed by atoms with Crippen molar-refractivity contribution in [1.82, 2.24) is 19.2 Å². The first-order valence-corrected chi connectivity index (χ1v) is 12.6. The van der Waals surface area contributed by atoms with E-state index >= 15 is 0 Å². The topological polar surface area (TPSA) is 114 Å². The zero-order valence-electron chi connectivity index (χ0n) is 18.7. The van der Waals surface area contributed by atoms with Crippen LogP contribution < -0.4 is 10.1 Å². The summed E-state index contributed by atoms with van der Waals surface area (Å²) in [5.74, 6) is 1.25. The molecule has 174 valence electrons. The van der Waals surface area contributed by atoms with Gasteiger partial charge in [0.1, 0.15) is 18.2 Å². The van der Waals surface area contributed by atoms with Crippen molar-refractivity contribution in [3.8, 4) is 5.88 Å². The molecule has 0 atom stereocenters. The zero-order valence-corrected chi connectivity index (χ0v) is 19.5. The highest BCUT2D eigenvalue weighted by atomic mass is 32.2. The van der Waals surface area contributed by atoms with E-state index < -0.39 is 10.0 Å². The third-order valence-electron chi connectivity index (χ3n) is 5.62. The molecule has 0 aliphatic carbocycles. The summed E-state index contributed by atoms with van der Waals surface area (Å²) < 4.78 is 36.3. The lowest BCUT2D eigenvalue weighted by Gasteiger charge is -2.32. The van der Waals surface area contributed by atoms with Gasteiger partial charge in [0, 0.05) is 45.1 Å². The van der Waals surface area contributed by atoms with Gasteiger partial charge in [0.15, 0.2) is 0 Å². The summed E-state index contributed by atoms with van der Waals surface area (Å²) in [6.45, 7) is 7.77. The molecule has 2 fully saturated rings. The predicted molar refractivity (Wildman–Crippen MR) is 117 cm³/mol. The number of amides is 1. The predicted octanol–water partition coefficient (Wildman–Crippen LogP) is 2.01. The first-order valence-electron chi connectivity index (χ1n) is 10.8. The van der Waals surface area contributed by atoms with Crippen molar-refractivity contribution in [2.45, 2.75) is 64.7 Å². The molecule has 0 unspecified atom stereocenters. The molecule has 31 heavy (non-hydrogen) atoms. The van der Waals surface area contributed by atoms with Crippen molar-refractivity contribution in [2.75, 3.05) is 37.8 Å². The van der Waals surface area contributed by atoms with Crippen LogP contribution in [0.2, 0.25) is 0 Å². The van der Waals surface area contributed by atoms with E-state index in [0.717, 1.165) is 18.4 Å². The Bertz CT molecular complexity index is 863. The van der Waals surface area contributed by atoms with Gasteiger partial charge in [-0.1, -0.05) is 0 Å². The van der Waals surface area contributed by atoms with E-state index in [1.807, 2.05) is 20.8 Å². The SMILES string of the molecule is Cc1c(NC2CCN(S(C)(=O)=O)CC2)ncnc1OC1CCN(C(=O)OC(C)C)CC1. The van der Waals surface area contributed by atoms with Gasteiger partial charge in [-0.3, -0.25) is 0 Å². The fraction of sp³-hybridized carbons (Fsp3) is 0.750. The molecule has 3 rings (SSSR count). The number of aromatic nitrogens is 2. The van der Waals surface area contributed by atoms with Crippen LogP contribution in [0.3, 0.4) is 0 Å². The summed E-state index contributed by atoms with van der Waals surface area (Å²) in [4.78, 5) is 22.4. The lowest BCUT2D eigenvalue weighted by molar-refractivity contribution is 0.0505. The molecule has 0 bridgehead atoms. The number of likely N-dealkylation sites (tertiary alicyclic amines) is 1. The van der Waals surface area contributed by atoms with Gasteiger partial charge in [-0.05, 0) is 33.6 Å². The van der Waals surface area contributed by atoms with Crippen LogP contribution in [0.4, 0.5) is 10.6 Å². The Labute approximate surface area is 184 Å². The molecule has 3 heterocycles. The molecule has 10 nitrogen and oxygen atoms in total. The second-order valence-electron chi connectivity index (χ2n) is 8.47. The van der Waals surface area contributed by atoms with E-state index in [4.69, 9.17) is 9.47 Å². The van der Waals surface area contributed by atoms with Gasteiger partial charge in [0.05, 0.1) is 17.9 Å². The van der Waals surface area contributed by atoms with E-state index in [0.29, 0.717) is 50.7 Å². The van der Waals surface area contributed by atoms with Crippen molar-refractivity contribution in [3.63, 3.8) is 0 Å². The fourth-order valence-corrected chi connectivity index (χ4v) is 4.69. The maximum atomic E-state index is 12.0. The van der Waals surface area contributed by atoms with E-state index in [2.05, 4.69) is 15.3 Å². The molecule has 0 saturated carbocycles. The molecule has 0 aromatic carbocycles. The van der Waals surface area contributed by atoms with Gasteiger partial charge in [0.25, 0.3) is 0 Å². The van der Waals surface area contributed by atoms with E-state index in [-0.39, 0.29) is 24.3 Å². The summed E-state index contributed by atoms with van der Waals surface area (Å²) in [5, 5.41) is 3.42. The van der Waals surface area contributed by atoms with Crippen molar-refractivity contribution >= 4 is 21.9 Å². The second kappa shape index (κ2) is 9.99. The second-order valence-corrected chi connectivity index (χ2v) is 10.5. The maximum absolute atomic E-state index is 12.0. The third kappa shape index (κ3) is 6.42. The average Bonchev–Trinajstić information content (AvgIpc) is 2.71. The van der Waals surface area contributed by atoms with Crippen LogP contribution in [-0.2, 0) is 14.8 Å². The number of sulfonamides is 1. The standard InChI is InChI=1S/C20H33N5O5S/c1-14(2)29-20(26)24-9-7-17(8-10-24)30-19-15(3)18(21-13-22-19)23-16-5-11-25(12-6-16)31(4,27)28/h13-14,16-17H,5-12H2,1-4H3,(H,21,22,23). The number of carbonyl (C=O) groups excluding carboxylic acids is 1. The molecule has 2 aliphatic rings. The molecule has 1 aromatic heterocycles. The number of nitrogens with zero attached hydrogens (tertiary/aromatic N) is 4. The minimum Gasteiger partial charge on any atom is -0.474 e. The summed E-state index contributed by atoms with van der Waals surface area (Å²) in [7, 11) is -3.14. The molecule has 2 aliphatic heterocycles. The zero-order chi connectivity index (χ0) is 22.6. The molecule has 0 spiro atoms. The van der Waals surface area contributed by atoms with E-state index in [1.165, 1.54) is 16.9 Å². The van der Waals surface area contributed by atoms with E-state index in [1.54, 1.807) is 4.90 Å². The van der Waals surface area contributed by atoms with Gasteiger partial charge >= 0.3 is 6.09 Å². The van der Waals surface area contributed by atoms with Gasteiger partial charge < -0.3 is 19.7 Å². The van der Waals surface area contributed by atoms with E-state index in [9.17, 15) is 13.2 Å². The molecule has 1 aromatic rings. The maximum Gasteiger partial charge on any atom is 0.410 e. The van der Waals surface area contributed by atoms with Crippen molar-refractivity contribution < 1.29 is 22.7 Å². The van der Waals surface area contributed by atoms with Crippen LogP contribution in [0.5, 0.6) is 5.88 Å². The number of carbonyl (C=O) groups is 1. The normalized spacial score (nSPS) is 19.5. The van der Waals surface area contributed by atoms with Gasteiger partial charge in [0.2, 0.25) is 15.9 Å². The largest absolute Gasteiger partial charge is 0.474 e. The Balaban J connectivity index is 1.53. The highest BCUT2D eigenvalue weighted by molar-refractivity contribution is 7.88. The first-order chi connectivity index (χ1) is 14.6. The third-order valence-corrected chi connectivity index (χ3v) is 6.92. The molecule has 1 amide bonds. The Morgan fingerprint density at radius 3 is 2.35 bits per heavy atom. The van der Waals surface area contributed by atoms with Crippen LogP contribution >= 0.6 is 0 Å². The monoisotopic (exact) mass is 455 g/mol. The number of piperidine rings is 2. The van der Waals surface area contributed by atoms with Crippen LogP contribution in [0.25, 0.3) is 0 Å². The minimum atomic E-state index is -3.14. The molecule has 11 heteroatoms. The summed E-state index contributed by atoms with van der Waals surface area (Å²) in [6.07, 6.45) is 5.15. The molecule has 0 radical (unpaired) electrons. The summed E-state index contributed by atoms with van der Waals surface area (Å²) in [6, 6.07) is 0.148. The Morgan fingerprint density at radius 1 is 1.13 bits per heavy atom. The molecule has 1 N–H and O–H groups in total. The van der Waals surface area contributed by atoms with Gasteiger partial charge in [-0.25, -0.2) is 27.5 Å². The quantitative estimate of drug-likeness (QED) is 0.693. The number of anilines is 1. The van der Waals surface area contributed by atoms with Crippen LogP contribution in [0.1, 0.15) is 45.1 Å². The summed E-state index contributed by atoms with van der Waals surface area (Å²) in [5.41, 5.74) is 0.828. The smallest absolute Gasteiger partial charge is 0.410 e. The number of hydrogen-bond acceptors (Lipinski definition) is 8. The van der Waals surface area contributed by atoms with Crippen molar-refractivity contribution in [1.29, 1.82) is 0 Å². The lowest BCUT2D eigenvalue weighted by Crippen LogP contribution is -2.43. The Morgan fingerprint density at radius 2 is 1.77 bits per heavy atom. The molecular weight excluding hydrogens is 422 g/mol. The number of nitrogens with one attached hydrogen (secondary N) is 1. The molecule has 2 saturated heterocycles.